The predicted octanol–water partition coefficient (Wildman–Crippen LogP) is 1.41. The van der Waals surface area contributed by atoms with Crippen molar-refractivity contribution in [2.24, 2.45) is 17.6 Å². The van der Waals surface area contributed by atoms with E-state index < -0.39 is 0 Å². The molecule has 0 bridgehead atoms. The highest BCUT2D eigenvalue weighted by atomic mass is 16.1. The van der Waals surface area contributed by atoms with Crippen molar-refractivity contribution in [2.45, 2.75) is 40.2 Å². The van der Waals surface area contributed by atoms with Gasteiger partial charge < -0.3 is 11.1 Å². The molecule has 0 fully saturated rings. The van der Waals surface area contributed by atoms with Gasteiger partial charge in [-0.1, -0.05) is 13.8 Å². The Balaban J connectivity index is 2.36. The van der Waals surface area contributed by atoms with Crippen molar-refractivity contribution < 1.29 is 4.79 Å². The van der Waals surface area contributed by atoms with Crippen molar-refractivity contribution in [1.82, 2.24) is 15.3 Å². The number of nitrogens with zero attached hydrogens (tertiary/aromatic N) is 2. The van der Waals surface area contributed by atoms with Gasteiger partial charge in [-0.3, -0.25) is 14.8 Å². The summed E-state index contributed by atoms with van der Waals surface area (Å²) < 4.78 is 0. The molecular weight excluding hydrogens is 240 g/mol. The number of amides is 1. The van der Waals surface area contributed by atoms with Crippen LogP contribution in [0.15, 0.2) is 12.4 Å². The molecule has 0 aliphatic carbocycles. The third-order valence-corrected chi connectivity index (χ3v) is 2.91. The topological polar surface area (TPSA) is 80.9 Å². The quantitative estimate of drug-likeness (QED) is 0.780. The van der Waals surface area contributed by atoms with Crippen LogP contribution in [0.4, 0.5) is 0 Å². The minimum atomic E-state index is 0.0264. The van der Waals surface area contributed by atoms with Crippen LogP contribution in [0.2, 0.25) is 0 Å². The maximum Gasteiger partial charge on any atom is 0.220 e. The summed E-state index contributed by atoms with van der Waals surface area (Å²) in [6.45, 7) is 7.14. The first-order valence-corrected chi connectivity index (χ1v) is 6.75. The maximum absolute atomic E-state index is 11.8. The number of rotatable bonds is 7. The van der Waals surface area contributed by atoms with Gasteiger partial charge in [-0.05, 0) is 31.7 Å². The fourth-order valence-corrected chi connectivity index (χ4v) is 1.96. The molecule has 5 heteroatoms. The van der Waals surface area contributed by atoms with Crippen molar-refractivity contribution in [3.63, 3.8) is 0 Å². The normalized spacial score (nSPS) is 12.5. The number of carbonyl (C=O) groups excluding carboxylic acids is 1. The first-order chi connectivity index (χ1) is 9.01. The Morgan fingerprint density at radius 1 is 1.37 bits per heavy atom. The van der Waals surface area contributed by atoms with Gasteiger partial charge in [0.2, 0.25) is 5.91 Å². The van der Waals surface area contributed by atoms with E-state index in [1.54, 1.807) is 12.4 Å². The first kappa shape index (κ1) is 15.6. The number of aromatic nitrogens is 2. The Morgan fingerprint density at radius 2 is 2.11 bits per heavy atom. The summed E-state index contributed by atoms with van der Waals surface area (Å²) in [4.78, 5) is 20.2. The Bertz CT molecular complexity index is 389. The molecular formula is C14H24N4O. The van der Waals surface area contributed by atoms with Gasteiger partial charge in [-0.2, -0.15) is 0 Å². The van der Waals surface area contributed by atoms with Crippen LogP contribution in [-0.2, 0) is 11.3 Å². The van der Waals surface area contributed by atoms with Gasteiger partial charge >= 0.3 is 0 Å². The molecule has 106 valence electrons. The summed E-state index contributed by atoms with van der Waals surface area (Å²) in [7, 11) is 0. The summed E-state index contributed by atoms with van der Waals surface area (Å²) in [6, 6.07) is 0. The second-order valence-corrected chi connectivity index (χ2v) is 5.36. The number of nitrogens with two attached hydrogens (primary N) is 1. The zero-order valence-electron chi connectivity index (χ0n) is 12.0. The molecule has 1 aromatic heterocycles. The molecule has 0 aromatic carbocycles. The first-order valence-electron chi connectivity index (χ1n) is 6.75. The molecule has 0 aliphatic rings. The minimum Gasteiger partial charge on any atom is -0.350 e. The van der Waals surface area contributed by atoms with Crippen LogP contribution < -0.4 is 11.1 Å². The molecule has 1 aromatic rings. The van der Waals surface area contributed by atoms with Crippen LogP contribution in [0.25, 0.3) is 0 Å². The van der Waals surface area contributed by atoms with Crippen molar-refractivity contribution in [3.05, 3.63) is 23.8 Å². The average Bonchev–Trinajstić information content (AvgIpc) is 2.36. The monoisotopic (exact) mass is 264 g/mol. The van der Waals surface area contributed by atoms with Crippen molar-refractivity contribution in [3.8, 4) is 0 Å². The summed E-state index contributed by atoms with van der Waals surface area (Å²) in [5.41, 5.74) is 7.33. The van der Waals surface area contributed by atoms with E-state index >= 15 is 0 Å². The number of aryl methyl sites for hydroxylation is 1. The van der Waals surface area contributed by atoms with E-state index in [1.165, 1.54) is 0 Å². The SMILES string of the molecule is Cc1cnc(CNC(=O)CC(CN)CC(C)C)cn1. The van der Waals surface area contributed by atoms with Crippen LogP contribution in [0.3, 0.4) is 0 Å². The van der Waals surface area contributed by atoms with Crippen LogP contribution in [0.1, 0.15) is 38.1 Å². The fraction of sp³-hybridized carbons (Fsp3) is 0.643. The lowest BCUT2D eigenvalue weighted by Crippen LogP contribution is -2.28. The molecule has 1 atom stereocenters. The van der Waals surface area contributed by atoms with Gasteiger partial charge in [0.15, 0.2) is 0 Å². The lowest BCUT2D eigenvalue weighted by Gasteiger charge is -2.16. The van der Waals surface area contributed by atoms with E-state index in [9.17, 15) is 4.79 Å². The lowest BCUT2D eigenvalue weighted by atomic mass is 9.94. The molecule has 1 rings (SSSR count). The Labute approximate surface area is 115 Å². The van der Waals surface area contributed by atoms with Gasteiger partial charge in [-0.25, -0.2) is 0 Å². The number of hydrogen-bond donors (Lipinski definition) is 2. The maximum atomic E-state index is 11.8. The zero-order valence-corrected chi connectivity index (χ0v) is 12.0. The van der Waals surface area contributed by atoms with Crippen molar-refractivity contribution in [2.75, 3.05) is 6.54 Å². The van der Waals surface area contributed by atoms with E-state index in [0.29, 0.717) is 25.4 Å². The second-order valence-electron chi connectivity index (χ2n) is 5.36. The second kappa shape index (κ2) is 7.84. The van der Waals surface area contributed by atoms with E-state index in [4.69, 9.17) is 5.73 Å². The summed E-state index contributed by atoms with van der Waals surface area (Å²) in [5.74, 6) is 0.840. The van der Waals surface area contributed by atoms with E-state index in [1.807, 2.05) is 6.92 Å². The fourth-order valence-electron chi connectivity index (χ4n) is 1.96. The molecule has 5 nitrogen and oxygen atoms in total. The zero-order chi connectivity index (χ0) is 14.3. The third kappa shape index (κ3) is 6.29. The van der Waals surface area contributed by atoms with Crippen molar-refractivity contribution >= 4 is 5.91 Å². The lowest BCUT2D eigenvalue weighted by molar-refractivity contribution is -0.122. The molecule has 3 N–H and O–H groups in total. The molecule has 1 amide bonds. The third-order valence-electron chi connectivity index (χ3n) is 2.91. The molecule has 0 aliphatic heterocycles. The van der Waals surface area contributed by atoms with E-state index in [0.717, 1.165) is 17.8 Å². The summed E-state index contributed by atoms with van der Waals surface area (Å²) in [5, 5.41) is 2.86. The largest absolute Gasteiger partial charge is 0.350 e. The van der Waals surface area contributed by atoms with Crippen LogP contribution in [0, 0.1) is 18.8 Å². The highest BCUT2D eigenvalue weighted by Crippen LogP contribution is 2.14. The standard InChI is InChI=1S/C14H24N4O/c1-10(2)4-12(6-15)5-14(19)18-9-13-8-16-11(3)7-17-13/h7-8,10,12H,4-6,9,15H2,1-3H3,(H,18,19). The Morgan fingerprint density at radius 3 is 2.63 bits per heavy atom. The predicted molar refractivity (Wildman–Crippen MR) is 75.2 cm³/mol. The summed E-state index contributed by atoms with van der Waals surface area (Å²) >= 11 is 0. The van der Waals surface area contributed by atoms with Crippen molar-refractivity contribution in [1.29, 1.82) is 0 Å². The molecule has 1 heterocycles. The molecule has 19 heavy (non-hydrogen) atoms. The average molecular weight is 264 g/mol. The molecule has 1 unspecified atom stereocenters. The number of carbonyl (C=O) groups is 1. The molecule has 0 spiro atoms. The Kier molecular flexibility index (Phi) is 6.42. The van der Waals surface area contributed by atoms with Gasteiger partial charge in [0.05, 0.1) is 24.1 Å². The highest BCUT2D eigenvalue weighted by Gasteiger charge is 2.13. The van der Waals surface area contributed by atoms with Crippen LogP contribution in [0.5, 0.6) is 0 Å². The van der Waals surface area contributed by atoms with Crippen LogP contribution in [-0.4, -0.2) is 22.4 Å². The minimum absolute atomic E-state index is 0.0264. The number of hydrogen-bond acceptors (Lipinski definition) is 4. The van der Waals surface area contributed by atoms with Gasteiger partial charge in [-0.15, -0.1) is 0 Å². The van der Waals surface area contributed by atoms with E-state index in [2.05, 4.69) is 29.1 Å². The molecule has 0 radical (unpaired) electrons. The van der Waals surface area contributed by atoms with Gasteiger partial charge in [0.1, 0.15) is 0 Å². The molecule has 0 saturated heterocycles. The van der Waals surface area contributed by atoms with Gasteiger partial charge in [0.25, 0.3) is 0 Å². The van der Waals surface area contributed by atoms with Gasteiger partial charge in [0, 0.05) is 12.6 Å². The summed E-state index contributed by atoms with van der Waals surface area (Å²) in [6.07, 6.45) is 4.84. The Hall–Kier alpha value is -1.49. The highest BCUT2D eigenvalue weighted by molar-refractivity contribution is 5.76. The number of nitrogens with one attached hydrogen (secondary N) is 1. The van der Waals surface area contributed by atoms with Crippen LogP contribution >= 0.6 is 0 Å². The van der Waals surface area contributed by atoms with E-state index in [-0.39, 0.29) is 11.8 Å². The smallest absolute Gasteiger partial charge is 0.220 e. The molecule has 0 saturated carbocycles.